The van der Waals surface area contributed by atoms with Crippen LogP contribution in [0, 0.1) is 6.92 Å². The van der Waals surface area contributed by atoms with Gasteiger partial charge in [-0.15, -0.1) is 0 Å². The summed E-state index contributed by atoms with van der Waals surface area (Å²) in [5, 5.41) is 0. The molecule has 2 heterocycles. The number of hydrogen-bond donors (Lipinski definition) is 1. The highest BCUT2D eigenvalue weighted by atomic mass is 16.5. The van der Waals surface area contributed by atoms with Crippen LogP contribution in [0.25, 0.3) is 22.6 Å². The van der Waals surface area contributed by atoms with Crippen LogP contribution in [-0.2, 0) is 24.3 Å². The molecule has 0 atom stereocenters. The molecule has 0 saturated heterocycles. The number of hydrogen-bond acceptors (Lipinski definition) is 6. The molecule has 0 bridgehead atoms. The van der Waals surface area contributed by atoms with Crippen molar-refractivity contribution in [1.82, 2.24) is 19.5 Å². The molecule has 2 aliphatic heterocycles. The highest BCUT2D eigenvalue weighted by Crippen LogP contribution is 2.28. The van der Waals surface area contributed by atoms with E-state index in [1.165, 1.54) is 5.56 Å². The molecule has 0 amide bonds. The summed E-state index contributed by atoms with van der Waals surface area (Å²) in [6.07, 6.45) is 1.64. The third kappa shape index (κ3) is 5.76. The Morgan fingerprint density at radius 1 is 0.892 bits per heavy atom. The fraction of sp³-hybridized carbons (Fsp3) is 0.241. The summed E-state index contributed by atoms with van der Waals surface area (Å²) in [6, 6.07) is 24.0. The number of aromatic amines is 1. The lowest BCUT2D eigenvalue weighted by Gasteiger charge is -2.18. The molecule has 0 aromatic heterocycles. The van der Waals surface area contributed by atoms with E-state index in [9.17, 15) is 9.59 Å². The maximum atomic E-state index is 12.5. The van der Waals surface area contributed by atoms with Crippen LogP contribution in [0.3, 0.4) is 0 Å². The molecule has 3 aromatic carbocycles. The van der Waals surface area contributed by atoms with Gasteiger partial charge in [0.15, 0.2) is 11.5 Å². The van der Waals surface area contributed by atoms with Crippen LogP contribution in [0.15, 0.2) is 82.4 Å². The van der Waals surface area contributed by atoms with Gasteiger partial charge in [-0.05, 0) is 42.5 Å². The van der Waals surface area contributed by atoms with Crippen molar-refractivity contribution in [3.05, 3.63) is 110 Å². The zero-order valence-corrected chi connectivity index (χ0v) is 20.6. The highest BCUT2D eigenvalue weighted by molar-refractivity contribution is 5.82. The third-order valence-electron chi connectivity index (χ3n) is 6.19. The summed E-state index contributed by atoms with van der Waals surface area (Å²) < 4.78 is 13.7. The van der Waals surface area contributed by atoms with Gasteiger partial charge < -0.3 is 14.0 Å². The quantitative estimate of drug-likeness (QED) is 0.231. The first-order valence-corrected chi connectivity index (χ1v) is 12.3. The van der Waals surface area contributed by atoms with Gasteiger partial charge in [-0.2, -0.15) is 4.98 Å². The minimum Gasteiger partial charge on any atom is -0.491 e. The largest absolute Gasteiger partial charge is 0.491 e. The Labute approximate surface area is 213 Å². The Hall–Kier alpha value is -4.30. The maximum Gasteiger partial charge on any atom is 0.349 e. The van der Waals surface area contributed by atoms with Crippen molar-refractivity contribution in [3.8, 4) is 17.3 Å². The normalized spacial score (nSPS) is 11.3. The molecule has 8 nitrogen and oxygen atoms in total. The standard InChI is InChI=1S/C29H28N4O4/c1-20-17-23-24(18-25(20)37-16-15-36-19-22-11-6-3-7-12-22)33(14-8-13-21-9-4-2-5-10-21)27-26(30-23)28(34)32-29(35)31-27/h2-7,9-12,17-18H,8,13-16,19H2,1H3,(H,32,34,35). The molecule has 3 aromatic rings. The number of aromatic nitrogens is 4. The highest BCUT2D eigenvalue weighted by Gasteiger charge is 2.19. The maximum absolute atomic E-state index is 12.5. The van der Waals surface area contributed by atoms with Crippen molar-refractivity contribution in [2.24, 2.45) is 0 Å². The molecule has 8 heteroatoms. The number of H-pyrrole nitrogens is 1. The second-order valence-electron chi connectivity index (χ2n) is 8.89. The lowest BCUT2D eigenvalue weighted by Crippen LogP contribution is -2.29. The first-order valence-electron chi connectivity index (χ1n) is 12.3. The first-order chi connectivity index (χ1) is 18.1. The number of benzene rings is 3. The Bertz CT molecular complexity index is 1580. The summed E-state index contributed by atoms with van der Waals surface area (Å²) >= 11 is 0. The molecule has 0 radical (unpaired) electrons. The summed E-state index contributed by atoms with van der Waals surface area (Å²) in [5.41, 5.74) is 3.54. The molecule has 0 unspecified atom stereocenters. The van der Waals surface area contributed by atoms with Gasteiger partial charge in [0.05, 0.1) is 24.2 Å². The van der Waals surface area contributed by atoms with Gasteiger partial charge in [0.25, 0.3) is 5.56 Å². The molecule has 5 rings (SSSR count). The number of aryl methyl sites for hydroxylation is 3. The van der Waals surface area contributed by atoms with Gasteiger partial charge in [-0.3, -0.25) is 9.78 Å². The van der Waals surface area contributed by atoms with Crippen LogP contribution >= 0.6 is 0 Å². The van der Waals surface area contributed by atoms with Crippen LogP contribution in [0.1, 0.15) is 23.1 Å². The molecular formula is C29H28N4O4. The Balaban J connectivity index is 1.40. The zero-order chi connectivity index (χ0) is 25.6. The van der Waals surface area contributed by atoms with Crippen molar-refractivity contribution < 1.29 is 9.47 Å². The lowest BCUT2D eigenvalue weighted by molar-refractivity contribution is 0.0887. The van der Waals surface area contributed by atoms with E-state index in [2.05, 4.69) is 27.1 Å². The number of nitrogens with one attached hydrogen (secondary N) is 1. The predicted molar refractivity (Wildman–Crippen MR) is 142 cm³/mol. The summed E-state index contributed by atoms with van der Waals surface area (Å²) in [5.74, 6) is 0.969. The molecular weight excluding hydrogens is 468 g/mol. The number of fused-ring (bicyclic) bond motifs is 2. The second kappa shape index (κ2) is 11.2. The van der Waals surface area contributed by atoms with Crippen LogP contribution in [0.2, 0.25) is 0 Å². The first kappa shape index (κ1) is 24.4. The molecule has 2 aliphatic rings. The van der Waals surface area contributed by atoms with E-state index >= 15 is 0 Å². The lowest BCUT2D eigenvalue weighted by atomic mass is 10.1. The molecule has 37 heavy (non-hydrogen) atoms. The van der Waals surface area contributed by atoms with Crippen molar-refractivity contribution in [3.63, 3.8) is 0 Å². The van der Waals surface area contributed by atoms with E-state index in [1.54, 1.807) is 0 Å². The second-order valence-corrected chi connectivity index (χ2v) is 8.89. The Morgan fingerprint density at radius 2 is 1.62 bits per heavy atom. The monoisotopic (exact) mass is 496 g/mol. The van der Waals surface area contributed by atoms with Crippen molar-refractivity contribution in [1.29, 1.82) is 0 Å². The fourth-order valence-electron chi connectivity index (χ4n) is 4.37. The van der Waals surface area contributed by atoms with Crippen LogP contribution in [0.5, 0.6) is 5.75 Å². The van der Waals surface area contributed by atoms with Gasteiger partial charge >= 0.3 is 5.69 Å². The van der Waals surface area contributed by atoms with E-state index in [-0.39, 0.29) is 11.5 Å². The van der Waals surface area contributed by atoms with Crippen LogP contribution in [0.4, 0.5) is 0 Å². The van der Waals surface area contributed by atoms with Gasteiger partial charge in [0, 0.05) is 12.6 Å². The predicted octanol–water partition coefficient (Wildman–Crippen LogP) is 4.12. The van der Waals surface area contributed by atoms with Gasteiger partial charge in [-0.1, -0.05) is 60.7 Å². The molecule has 0 saturated carbocycles. The summed E-state index contributed by atoms with van der Waals surface area (Å²) in [4.78, 5) is 35.5. The minimum absolute atomic E-state index is 0.147. The van der Waals surface area contributed by atoms with E-state index < -0.39 is 11.2 Å². The number of rotatable bonds is 10. The average Bonchev–Trinajstić information content (AvgIpc) is 2.90. The SMILES string of the molecule is Cc1cc2nc3c(=O)[nH]c(=O)nc-3n(CCCc3ccccc3)c2cc1OCCOCc1ccccc1. The average molecular weight is 497 g/mol. The van der Waals surface area contributed by atoms with Crippen molar-refractivity contribution in [2.75, 3.05) is 13.2 Å². The summed E-state index contributed by atoms with van der Waals surface area (Å²) in [6.45, 7) is 3.85. The van der Waals surface area contributed by atoms with Crippen LogP contribution in [-0.4, -0.2) is 32.7 Å². The molecule has 1 N–H and O–H groups in total. The Kier molecular flexibility index (Phi) is 7.37. The van der Waals surface area contributed by atoms with Crippen molar-refractivity contribution in [2.45, 2.75) is 32.9 Å². The summed E-state index contributed by atoms with van der Waals surface area (Å²) in [7, 11) is 0. The molecule has 0 fully saturated rings. The third-order valence-corrected chi connectivity index (χ3v) is 6.19. The van der Waals surface area contributed by atoms with E-state index in [1.807, 2.05) is 72.2 Å². The number of ether oxygens (including phenoxy) is 2. The topological polar surface area (TPSA) is 99.1 Å². The number of nitrogens with zero attached hydrogens (tertiary/aromatic N) is 3. The van der Waals surface area contributed by atoms with Crippen LogP contribution < -0.4 is 16.0 Å². The molecule has 0 spiro atoms. The zero-order valence-electron chi connectivity index (χ0n) is 20.6. The van der Waals surface area contributed by atoms with E-state index in [0.717, 1.165) is 29.5 Å². The Morgan fingerprint density at radius 3 is 2.38 bits per heavy atom. The minimum atomic E-state index is -0.686. The smallest absolute Gasteiger partial charge is 0.349 e. The molecule has 0 aliphatic carbocycles. The van der Waals surface area contributed by atoms with E-state index in [0.29, 0.717) is 37.6 Å². The van der Waals surface area contributed by atoms with Gasteiger partial charge in [0.2, 0.25) is 0 Å². The fourth-order valence-corrected chi connectivity index (χ4v) is 4.37. The van der Waals surface area contributed by atoms with Gasteiger partial charge in [-0.25, -0.2) is 9.78 Å². The van der Waals surface area contributed by atoms with Crippen molar-refractivity contribution >= 4 is 11.0 Å². The molecule has 188 valence electrons. The van der Waals surface area contributed by atoms with Gasteiger partial charge in [0.1, 0.15) is 12.4 Å². The van der Waals surface area contributed by atoms with E-state index in [4.69, 9.17) is 9.47 Å².